The van der Waals surface area contributed by atoms with E-state index >= 15 is 0 Å². The summed E-state index contributed by atoms with van der Waals surface area (Å²) in [6, 6.07) is 11.2. The number of aliphatic hydroxyl groups is 2. The number of hydrogen-bond acceptors (Lipinski definition) is 5. The molecule has 2 atom stereocenters. The molecule has 2 saturated carbocycles. The van der Waals surface area contributed by atoms with Crippen LogP contribution in [0, 0.1) is 0 Å². The number of rotatable bonds is 8. The first-order valence-corrected chi connectivity index (χ1v) is 13.0. The maximum atomic E-state index is 14.2. The highest BCUT2D eigenvalue weighted by Crippen LogP contribution is 2.43. The quantitative estimate of drug-likeness (QED) is 0.345. The number of carbonyl (C=O) groups excluding carboxylic acids is 1. The number of benzene rings is 2. The zero-order chi connectivity index (χ0) is 24.1. The molecular formula is C29H38O5. The Morgan fingerprint density at radius 1 is 0.706 bits per heavy atom. The van der Waals surface area contributed by atoms with Gasteiger partial charge in [0, 0.05) is 22.3 Å². The van der Waals surface area contributed by atoms with Gasteiger partial charge in [0.2, 0.25) is 0 Å². The fourth-order valence-corrected chi connectivity index (χ4v) is 5.83. The van der Waals surface area contributed by atoms with Crippen LogP contribution in [0.15, 0.2) is 36.4 Å². The molecule has 0 radical (unpaired) electrons. The third-order valence-electron chi connectivity index (χ3n) is 7.24. The third kappa shape index (κ3) is 5.64. The molecule has 184 valence electrons. The van der Waals surface area contributed by atoms with Gasteiger partial charge in [0.05, 0.1) is 0 Å². The predicted octanol–water partition coefficient (Wildman–Crippen LogP) is 6.45. The largest absolute Gasteiger partial charge is 0.465 e. The van der Waals surface area contributed by atoms with Gasteiger partial charge in [-0.05, 0) is 63.5 Å². The Kier molecular flexibility index (Phi) is 8.28. The summed E-state index contributed by atoms with van der Waals surface area (Å²) >= 11 is 0. The lowest BCUT2D eigenvalue weighted by Gasteiger charge is -2.29. The van der Waals surface area contributed by atoms with Gasteiger partial charge in [-0.15, -0.1) is 0 Å². The fraction of sp³-hybridized carbons (Fsp3) is 0.552. The molecule has 0 bridgehead atoms. The highest BCUT2D eigenvalue weighted by Gasteiger charge is 2.30. The predicted molar refractivity (Wildman–Crippen MR) is 133 cm³/mol. The number of carbonyl (C=O) groups is 1. The molecule has 2 aliphatic carbocycles. The van der Waals surface area contributed by atoms with Crippen molar-refractivity contribution in [3.63, 3.8) is 0 Å². The summed E-state index contributed by atoms with van der Waals surface area (Å²) in [6.07, 6.45) is 9.11. The van der Waals surface area contributed by atoms with E-state index in [0.29, 0.717) is 22.6 Å². The van der Waals surface area contributed by atoms with Crippen LogP contribution in [-0.4, -0.2) is 28.6 Å². The lowest BCUT2D eigenvalue weighted by atomic mass is 9.77. The van der Waals surface area contributed by atoms with Gasteiger partial charge in [-0.2, -0.15) is 0 Å². The van der Waals surface area contributed by atoms with Crippen molar-refractivity contribution in [1.82, 2.24) is 0 Å². The normalized spacial score (nSPS) is 19.4. The Morgan fingerprint density at radius 3 is 1.44 bits per heavy atom. The molecule has 2 aliphatic rings. The minimum absolute atomic E-state index is 0.0340. The highest BCUT2D eigenvalue weighted by molar-refractivity contribution is 6.11. The van der Waals surface area contributed by atoms with Crippen molar-refractivity contribution >= 4 is 5.78 Å². The molecule has 2 unspecified atom stereocenters. The molecule has 2 aromatic rings. The molecule has 2 fully saturated rings. The van der Waals surface area contributed by atoms with E-state index in [4.69, 9.17) is 9.47 Å². The monoisotopic (exact) mass is 466 g/mol. The van der Waals surface area contributed by atoms with E-state index in [1.807, 2.05) is 36.4 Å². The summed E-state index contributed by atoms with van der Waals surface area (Å²) in [5, 5.41) is 19.9. The standard InChI is InChI=1S/C29H38O5/c1-19(30)33-25-17-9-15-23(27(25)21-11-5-3-6-12-21)29(32)24-16-10-18-26(34-20(2)31)28(24)22-13-7-4-8-14-22/h9-10,15-22,30-31H,3-8,11-14H2,1-2H3. The van der Waals surface area contributed by atoms with Crippen LogP contribution in [0.25, 0.3) is 0 Å². The van der Waals surface area contributed by atoms with Gasteiger partial charge in [-0.1, -0.05) is 62.8 Å². The maximum Gasteiger partial charge on any atom is 0.194 e. The van der Waals surface area contributed by atoms with Crippen LogP contribution in [0.2, 0.25) is 0 Å². The van der Waals surface area contributed by atoms with Crippen LogP contribution in [0.3, 0.4) is 0 Å². The topological polar surface area (TPSA) is 76.0 Å². The Morgan fingerprint density at radius 2 is 1.09 bits per heavy atom. The van der Waals surface area contributed by atoms with Crippen LogP contribution in [0.5, 0.6) is 11.5 Å². The molecule has 0 heterocycles. The zero-order valence-corrected chi connectivity index (χ0v) is 20.5. The highest BCUT2D eigenvalue weighted by atomic mass is 16.6. The van der Waals surface area contributed by atoms with Crippen LogP contribution in [0.4, 0.5) is 0 Å². The van der Waals surface area contributed by atoms with Gasteiger partial charge in [0.1, 0.15) is 11.5 Å². The van der Waals surface area contributed by atoms with E-state index in [0.717, 1.165) is 62.5 Å². The molecule has 0 spiro atoms. The van der Waals surface area contributed by atoms with E-state index in [9.17, 15) is 15.0 Å². The number of hydrogen-bond donors (Lipinski definition) is 2. The molecule has 4 rings (SSSR count). The average molecular weight is 467 g/mol. The third-order valence-corrected chi connectivity index (χ3v) is 7.24. The fourth-order valence-electron chi connectivity index (χ4n) is 5.83. The molecule has 5 heteroatoms. The van der Waals surface area contributed by atoms with Crippen molar-refractivity contribution in [3.05, 3.63) is 58.7 Å². The summed E-state index contributed by atoms with van der Waals surface area (Å²) in [5.74, 6) is 1.63. The smallest absolute Gasteiger partial charge is 0.194 e. The van der Waals surface area contributed by atoms with Gasteiger partial charge < -0.3 is 19.7 Å². The van der Waals surface area contributed by atoms with Crippen molar-refractivity contribution in [1.29, 1.82) is 0 Å². The second-order valence-electron chi connectivity index (χ2n) is 9.87. The molecule has 0 amide bonds. The number of ketones is 1. The van der Waals surface area contributed by atoms with Crippen molar-refractivity contribution in [2.75, 3.05) is 0 Å². The van der Waals surface area contributed by atoms with Crippen molar-refractivity contribution < 1.29 is 24.5 Å². The molecule has 2 aromatic carbocycles. The van der Waals surface area contributed by atoms with Crippen molar-refractivity contribution in [2.45, 2.75) is 102 Å². The molecule has 0 saturated heterocycles. The van der Waals surface area contributed by atoms with E-state index in [2.05, 4.69) is 0 Å². The minimum Gasteiger partial charge on any atom is -0.465 e. The van der Waals surface area contributed by atoms with Crippen LogP contribution in [-0.2, 0) is 0 Å². The van der Waals surface area contributed by atoms with E-state index < -0.39 is 12.6 Å². The van der Waals surface area contributed by atoms with E-state index in [-0.39, 0.29) is 17.6 Å². The maximum absolute atomic E-state index is 14.2. The Hall–Kier alpha value is -2.37. The Balaban J connectivity index is 1.82. The lowest BCUT2D eigenvalue weighted by Crippen LogP contribution is -2.19. The SMILES string of the molecule is CC(O)Oc1cccc(C(=O)c2cccc(OC(C)O)c2C2CCCCC2)c1C1CCCCC1. The summed E-state index contributed by atoms with van der Waals surface area (Å²) in [7, 11) is 0. The van der Waals surface area contributed by atoms with E-state index in [1.54, 1.807) is 13.8 Å². The van der Waals surface area contributed by atoms with Crippen LogP contribution in [0.1, 0.15) is 117 Å². The van der Waals surface area contributed by atoms with Gasteiger partial charge in [0.25, 0.3) is 0 Å². The Bertz CT molecular complexity index is 891. The molecule has 0 aliphatic heterocycles. The summed E-state index contributed by atoms with van der Waals surface area (Å²) in [4.78, 5) is 14.2. The molecular weight excluding hydrogens is 428 g/mol. The zero-order valence-electron chi connectivity index (χ0n) is 20.5. The van der Waals surface area contributed by atoms with Gasteiger partial charge in [0.15, 0.2) is 18.4 Å². The molecule has 5 nitrogen and oxygen atoms in total. The van der Waals surface area contributed by atoms with Gasteiger partial charge in [-0.25, -0.2) is 0 Å². The van der Waals surface area contributed by atoms with Crippen molar-refractivity contribution in [2.24, 2.45) is 0 Å². The first kappa shape index (κ1) is 24.7. The molecule has 2 N–H and O–H groups in total. The first-order valence-electron chi connectivity index (χ1n) is 13.0. The Labute approximate surface area is 203 Å². The number of ether oxygens (including phenoxy) is 2. The number of aliphatic hydroxyl groups excluding tert-OH is 2. The summed E-state index contributed by atoms with van der Waals surface area (Å²) < 4.78 is 11.6. The molecule has 0 aromatic heterocycles. The van der Waals surface area contributed by atoms with Crippen LogP contribution < -0.4 is 9.47 Å². The second kappa shape index (κ2) is 11.4. The first-order chi connectivity index (χ1) is 16.5. The minimum atomic E-state index is -0.951. The summed E-state index contributed by atoms with van der Waals surface area (Å²) in [6.45, 7) is 3.19. The van der Waals surface area contributed by atoms with E-state index in [1.165, 1.54) is 12.8 Å². The lowest BCUT2D eigenvalue weighted by molar-refractivity contribution is -0.00191. The van der Waals surface area contributed by atoms with Gasteiger partial charge >= 0.3 is 0 Å². The second-order valence-corrected chi connectivity index (χ2v) is 9.87. The summed E-state index contributed by atoms with van der Waals surface area (Å²) in [5.41, 5.74) is 3.14. The van der Waals surface area contributed by atoms with Gasteiger partial charge in [-0.3, -0.25) is 4.79 Å². The average Bonchev–Trinajstić information content (AvgIpc) is 2.83. The van der Waals surface area contributed by atoms with Crippen LogP contribution >= 0.6 is 0 Å². The molecule has 34 heavy (non-hydrogen) atoms. The van der Waals surface area contributed by atoms with Crippen molar-refractivity contribution in [3.8, 4) is 11.5 Å².